The number of hydrogen-bond acceptors (Lipinski definition) is 5. The Morgan fingerprint density at radius 1 is 1.26 bits per heavy atom. The predicted octanol–water partition coefficient (Wildman–Crippen LogP) is 3.61. The molecule has 0 unspecified atom stereocenters. The Kier molecular flexibility index (Phi) is 5.00. The lowest BCUT2D eigenvalue weighted by Crippen LogP contribution is -2.28. The molecule has 5 nitrogen and oxygen atoms in total. The average molecular weight is 331 g/mol. The predicted molar refractivity (Wildman–Crippen MR) is 90.3 cm³/mol. The highest BCUT2D eigenvalue weighted by molar-refractivity contribution is 7.99. The van der Waals surface area contributed by atoms with Crippen LogP contribution in [-0.4, -0.2) is 21.6 Å². The molecule has 2 heterocycles. The molecule has 0 N–H and O–H groups in total. The number of ether oxygens (including phenoxy) is 1. The Hall–Kier alpha value is -1.82. The molecule has 0 aliphatic heterocycles. The van der Waals surface area contributed by atoms with Crippen LogP contribution >= 0.6 is 11.8 Å². The summed E-state index contributed by atoms with van der Waals surface area (Å²) >= 11 is 1.36. The minimum atomic E-state index is 0.0408. The Balaban J connectivity index is 1.93. The second kappa shape index (κ2) is 7.17. The van der Waals surface area contributed by atoms with Gasteiger partial charge in [0.15, 0.2) is 0 Å². The number of pyridine rings is 1. The lowest BCUT2D eigenvalue weighted by molar-refractivity contribution is 0.340. The van der Waals surface area contributed by atoms with Crippen LogP contribution in [0.25, 0.3) is 0 Å². The highest BCUT2D eigenvalue weighted by atomic mass is 32.2. The third kappa shape index (κ3) is 3.58. The third-order valence-corrected chi connectivity index (χ3v) is 5.36. The van der Waals surface area contributed by atoms with E-state index in [1.807, 2.05) is 17.6 Å². The fourth-order valence-electron chi connectivity index (χ4n) is 2.95. The van der Waals surface area contributed by atoms with Gasteiger partial charge in [0.1, 0.15) is 15.7 Å². The van der Waals surface area contributed by atoms with Crippen molar-refractivity contribution >= 4 is 11.8 Å². The standard InChI is InChI=1S/C17H21N3O2S/c1-12-16(23-15-10-14(22-2)8-9-18-15)17(21)20(11-19-12)13-6-4-3-5-7-13/h8-11,13H,3-7H2,1-2H3. The van der Waals surface area contributed by atoms with Gasteiger partial charge in [-0.1, -0.05) is 31.0 Å². The van der Waals surface area contributed by atoms with Crippen LogP contribution in [0.2, 0.25) is 0 Å². The van der Waals surface area contributed by atoms with Gasteiger partial charge in [-0.25, -0.2) is 9.97 Å². The molecular formula is C17H21N3O2S. The van der Waals surface area contributed by atoms with Crippen molar-refractivity contribution in [2.24, 2.45) is 0 Å². The molecule has 122 valence electrons. The van der Waals surface area contributed by atoms with Crippen LogP contribution < -0.4 is 10.3 Å². The second-order valence-corrected chi connectivity index (χ2v) is 6.83. The number of hydrogen-bond donors (Lipinski definition) is 0. The van der Waals surface area contributed by atoms with Gasteiger partial charge in [-0.3, -0.25) is 9.36 Å². The van der Waals surface area contributed by atoms with Crippen LogP contribution in [0, 0.1) is 6.92 Å². The Morgan fingerprint density at radius 2 is 2.04 bits per heavy atom. The molecule has 2 aromatic rings. The number of aromatic nitrogens is 3. The zero-order valence-corrected chi connectivity index (χ0v) is 14.3. The molecule has 0 saturated heterocycles. The van der Waals surface area contributed by atoms with E-state index >= 15 is 0 Å². The molecule has 1 aliphatic rings. The smallest absolute Gasteiger partial charge is 0.267 e. The number of methoxy groups -OCH3 is 1. The van der Waals surface area contributed by atoms with Gasteiger partial charge in [0, 0.05) is 18.3 Å². The highest BCUT2D eigenvalue weighted by Crippen LogP contribution is 2.30. The van der Waals surface area contributed by atoms with Gasteiger partial charge < -0.3 is 4.74 Å². The van der Waals surface area contributed by atoms with Crippen molar-refractivity contribution in [3.05, 3.63) is 40.7 Å². The fourth-order valence-corrected chi connectivity index (χ4v) is 3.84. The molecule has 0 bridgehead atoms. The Morgan fingerprint density at radius 3 is 2.78 bits per heavy atom. The van der Waals surface area contributed by atoms with Gasteiger partial charge in [-0.2, -0.15) is 0 Å². The zero-order valence-electron chi connectivity index (χ0n) is 13.5. The first-order valence-electron chi connectivity index (χ1n) is 7.94. The normalized spacial score (nSPS) is 15.6. The summed E-state index contributed by atoms with van der Waals surface area (Å²) in [5.41, 5.74) is 0.788. The van der Waals surface area contributed by atoms with Gasteiger partial charge >= 0.3 is 0 Å². The van der Waals surface area contributed by atoms with Crippen LogP contribution in [0.3, 0.4) is 0 Å². The van der Waals surface area contributed by atoms with E-state index in [-0.39, 0.29) is 11.6 Å². The fraction of sp³-hybridized carbons (Fsp3) is 0.471. The van der Waals surface area contributed by atoms with Crippen LogP contribution in [0.1, 0.15) is 43.8 Å². The molecule has 0 spiro atoms. The van der Waals surface area contributed by atoms with Crippen molar-refractivity contribution in [3.8, 4) is 5.75 Å². The van der Waals surface area contributed by atoms with Crippen molar-refractivity contribution < 1.29 is 4.74 Å². The van der Waals surface area contributed by atoms with Crippen LogP contribution in [-0.2, 0) is 0 Å². The highest BCUT2D eigenvalue weighted by Gasteiger charge is 2.19. The SMILES string of the molecule is COc1ccnc(Sc2c(C)ncn(C3CCCCC3)c2=O)c1. The summed E-state index contributed by atoms with van der Waals surface area (Å²) in [5, 5.41) is 0.743. The quantitative estimate of drug-likeness (QED) is 0.856. The van der Waals surface area contributed by atoms with E-state index in [1.165, 1.54) is 31.0 Å². The minimum absolute atomic E-state index is 0.0408. The first kappa shape index (κ1) is 16.1. The topological polar surface area (TPSA) is 57.0 Å². The summed E-state index contributed by atoms with van der Waals surface area (Å²) < 4.78 is 7.03. The van der Waals surface area contributed by atoms with Gasteiger partial charge in [0.25, 0.3) is 5.56 Å². The molecule has 0 atom stereocenters. The first-order chi connectivity index (χ1) is 11.2. The monoisotopic (exact) mass is 331 g/mol. The largest absolute Gasteiger partial charge is 0.497 e. The summed E-state index contributed by atoms with van der Waals surface area (Å²) in [5.74, 6) is 0.733. The molecule has 1 fully saturated rings. The maximum absolute atomic E-state index is 12.9. The summed E-state index contributed by atoms with van der Waals surface area (Å²) in [6, 6.07) is 3.91. The summed E-state index contributed by atoms with van der Waals surface area (Å²) in [6.07, 6.45) is 9.15. The van der Waals surface area contributed by atoms with Crippen molar-refractivity contribution in [2.75, 3.05) is 7.11 Å². The van der Waals surface area contributed by atoms with Crippen molar-refractivity contribution in [1.82, 2.24) is 14.5 Å². The number of aryl methyl sites for hydroxylation is 1. The molecule has 3 rings (SSSR count). The van der Waals surface area contributed by atoms with E-state index in [9.17, 15) is 4.79 Å². The van der Waals surface area contributed by atoms with Gasteiger partial charge in [-0.05, 0) is 25.8 Å². The molecule has 2 aromatic heterocycles. The van der Waals surface area contributed by atoms with Crippen LogP contribution in [0.15, 0.2) is 39.4 Å². The molecule has 0 aromatic carbocycles. The van der Waals surface area contributed by atoms with E-state index in [1.54, 1.807) is 25.7 Å². The zero-order chi connectivity index (χ0) is 16.2. The Labute approximate surface area is 140 Å². The maximum Gasteiger partial charge on any atom is 0.267 e. The molecule has 1 saturated carbocycles. The minimum Gasteiger partial charge on any atom is -0.497 e. The summed E-state index contributed by atoms with van der Waals surface area (Å²) in [7, 11) is 1.62. The summed E-state index contributed by atoms with van der Waals surface area (Å²) in [6.45, 7) is 1.87. The van der Waals surface area contributed by atoms with E-state index in [4.69, 9.17) is 4.74 Å². The third-order valence-electron chi connectivity index (χ3n) is 4.25. The van der Waals surface area contributed by atoms with E-state index in [0.29, 0.717) is 4.90 Å². The maximum atomic E-state index is 12.9. The van der Waals surface area contributed by atoms with Crippen molar-refractivity contribution in [3.63, 3.8) is 0 Å². The Bertz CT molecular complexity index is 739. The van der Waals surface area contributed by atoms with E-state index in [0.717, 1.165) is 29.3 Å². The lowest BCUT2D eigenvalue weighted by atomic mass is 9.95. The number of rotatable bonds is 4. The van der Waals surface area contributed by atoms with E-state index in [2.05, 4.69) is 9.97 Å². The number of nitrogens with zero attached hydrogens (tertiary/aromatic N) is 3. The molecule has 0 radical (unpaired) electrons. The van der Waals surface area contributed by atoms with Gasteiger partial charge in [-0.15, -0.1) is 0 Å². The molecule has 6 heteroatoms. The van der Waals surface area contributed by atoms with Crippen molar-refractivity contribution in [1.29, 1.82) is 0 Å². The van der Waals surface area contributed by atoms with Crippen LogP contribution in [0.5, 0.6) is 5.75 Å². The molecule has 0 amide bonds. The van der Waals surface area contributed by atoms with Gasteiger partial charge in [0.05, 0.1) is 19.1 Å². The molecule has 23 heavy (non-hydrogen) atoms. The first-order valence-corrected chi connectivity index (χ1v) is 8.76. The molecular weight excluding hydrogens is 310 g/mol. The van der Waals surface area contributed by atoms with Gasteiger partial charge in [0.2, 0.25) is 0 Å². The van der Waals surface area contributed by atoms with Crippen LogP contribution in [0.4, 0.5) is 0 Å². The molecule has 1 aliphatic carbocycles. The van der Waals surface area contributed by atoms with E-state index < -0.39 is 0 Å². The van der Waals surface area contributed by atoms with Crippen molar-refractivity contribution in [2.45, 2.75) is 55.0 Å². The average Bonchev–Trinajstić information content (AvgIpc) is 2.59. The summed E-state index contributed by atoms with van der Waals surface area (Å²) in [4.78, 5) is 22.3. The lowest BCUT2D eigenvalue weighted by Gasteiger charge is -2.24. The second-order valence-electron chi connectivity index (χ2n) is 5.80.